The molecule has 5 heteroatoms. The number of aromatic hydroxyl groups is 1. The zero-order chi connectivity index (χ0) is 16.8. The van der Waals surface area contributed by atoms with Gasteiger partial charge in [0.05, 0.1) is 19.8 Å². The molecule has 0 saturated carbocycles. The Morgan fingerprint density at radius 2 is 1.30 bits per heavy atom. The van der Waals surface area contributed by atoms with Gasteiger partial charge in [0.15, 0.2) is 0 Å². The van der Waals surface area contributed by atoms with Crippen molar-refractivity contribution in [3.05, 3.63) is 24.3 Å². The molecule has 1 rings (SSSR count). The second-order valence-corrected chi connectivity index (χ2v) is 5.75. The van der Waals surface area contributed by atoms with E-state index in [1.165, 1.54) is 19.3 Å². The molecule has 0 aliphatic carbocycles. The molecule has 3 N–H and O–H groups in total. The highest BCUT2D eigenvalue weighted by molar-refractivity contribution is 5.29. The Labute approximate surface area is 139 Å². The number of hydrogen-bond donors (Lipinski definition) is 3. The fourth-order valence-electron chi connectivity index (χ4n) is 2.50. The second-order valence-electron chi connectivity index (χ2n) is 5.75. The first-order chi connectivity index (χ1) is 11.3. The molecule has 23 heavy (non-hydrogen) atoms. The van der Waals surface area contributed by atoms with Crippen molar-refractivity contribution < 1.29 is 20.1 Å². The van der Waals surface area contributed by atoms with E-state index in [4.69, 9.17) is 14.9 Å². The minimum Gasteiger partial charge on any atom is -0.508 e. The van der Waals surface area contributed by atoms with Gasteiger partial charge in [0, 0.05) is 13.1 Å². The van der Waals surface area contributed by atoms with Crippen molar-refractivity contribution in [3.8, 4) is 11.5 Å². The Kier molecular flexibility index (Phi) is 11.3. The third kappa shape index (κ3) is 10.2. The van der Waals surface area contributed by atoms with Gasteiger partial charge in [-0.1, -0.05) is 25.7 Å². The Hall–Kier alpha value is -1.30. The Morgan fingerprint density at radius 1 is 0.739 bits per heavy atom. The monoisotopic (exact) mass is 325 g/mol. The van der Waals surface area contributed by atoms with Crippen LogP contribution in [0.1, 0.15) is 38.5 Å². The SMILES string of the molecule is OCCN(CCO)CCCCCCCCOc1ccc(O)cc1. The van der Waals surface area contributed by atoms with Gasteiger partial charge >= 0.3 is 0 Å². The lowest BCUT2D eigenvalue weighted by Gasteiger charge is -2.19. The molecule has 1 aromatic carbocycles. The summed E-state index contributed by atoms with van der Waals surface area (Å²) in [5.74, 6) is 1.06. The Balaban J connectivity index is 1.92. The number of phenols is 1. The Bertz CT molecular complexity index is 377. The molecule has 0 unspecified atom stereocenters. The average Bonchev–Trinajstić information content (AvgIpc) is 2.55. The van der Waals surface area contributed by atoms with E-state index in [1.807, 2.05) is 0 Å². The number of aliphatic hydroxyl groups excluding tert-OH is 2. The molecule has 0 spiro atoms. The van der Waals surface area contributed by atoms with Gasteiger partial charge in [-0.25, -0.2) is 0 Å². The predicted molar refractivity (Wildman–Crippen MR) is 91.9 cm³/mol. The van der Waals surface area contributed by atoms with E-state index < -0.39 is 0 Å². The summed E-state index contributed by atoms with van der Waals surface area (Å²) in [5.41, 5.74) is 0. The lowest BCUT2D eigenvalue weighted by Crippen LogP contribution is -2.30. The quantitative estimate of drug-likeness (QED) is 0.458. The van der Waals surface area contributed by atoms with Crippen LogP contribution in [0.5, 0.6) is 11.5 Å². The molecule has 0 heterocycles. The molecule has 0 radical (unpaired) electrons. The van der Waals surface area contributed by atoms with Crippen LogP contribution in [0.2, 0.25) is 0 Å². The predicted octanol–water partition coefficient (Wildman–Crippen LogP) is 2.40. The molecule has 0 aliphatic heterocycles. The number of phenolic OH excluding ortho intramolecular Hbond substituents is 1. The van der Waals surface area contributed by atoms with Crippen LogP contribution in [0.3, 0.4) is 0 Å². The number of ether oxygens (including phenoxy) is 1. The molecule has 0 aliphatic rings. The van der Waals surface area contributed by atoms with E-state index in [9.17, 15) is 5.11 Å². The number of benzene rings is 1. The van der Waals surface area contributed by atoms with Crippen LogP contribution >= 0.6 is 0 Å². The van der Waals surface area contributed by atoms with Gasteiger partial charge in [-0.2, -0.15) is 0 Å². The van der Waals surface area contributed by atoms with Crippen molar-refractivity contribution in [1.29, 1.82) is 0 Å². The van der Waals surface area contributed by atoms with Crippen molar-refractivity contribution in [2.45, 2.75) is 38.5 Å². The largest absolute Gasteiger partial charge is 0.508 e. The molecule has 0 bridgehead atoms. The van der Waals surface area contributed by atoms with Gasteiger partial charge in [0.1, 0.15) is 11.5 Å². The van der Waals surface area contributed by atoms with Crippen molar-refractivity contribution in [3.63, 3.8) is 0 Å². The molecule has 0 fully saturated rings. The summed E-state index contributed by atoms with van der Waals surface area (Å²) in [5, 5.41) is 27.0. The summed E-state index contributed by atoms with van der Waals surface area (Å²) in [7, 11) is 0. The van der Waals surface area contributed by atoms with Crippen molar-refractivity contribution >= 4 is 0 Å². The van der Waals surface area contributed by atoms with Crippen molar-refractivity contribution in [2.24, 2.45) is 0 Å². The fourth-order valence-corrected chi connectivity index (χ4v) is 2.50. The minimum atomic E-state index is 0.154. The second kappa shape index (κ2) is 13.2. The third-order valence-corrected chi connectivity index (χ3v) is 3.81. The zero-order valence-electron chi connectivity index (χ0n) is 14.0. The van der Waals surface area contributed by atoms with E-state index in [0.29, 0.717) is 19.7 Å². The first-order valence-electron chi connectivity index (χ1n) is 8.62. The molecule has 0 atom stereocenters. The summed E-state index contributed by atoms with van der Waals surface area (Å²) >= 11 is 0. The average molecular weight is 325 g/mol. The van der Waals surface area contributed by atoms with Crippen LogP contribution in [-0.2, 0) is 0 Å². The lowest BCUT2D eigenvalue weighted by atomic mass is 10.1. The maximum Gasteiger partial charge on any atom is 0.119 e. The van der Waals surface area contributed by atoms with Gasteiger partial charge in [-0.3, -0.25) is 4.90 Å². The van der Waals surface area contributed by atoms with E-state index in [1.54, 1.807) is 24.3 Å². The number of rotatable bonds is 14. The lowest BCUT2D eigenvalue weighted by molar-refractivity contribution is 0.159. The summed E-state index contributed by atoms with van der Waals surface area (Å²) in [6.07, 6.45) is 6.93. The van der Waals surface area contributed by atoms with Gasteiger partial charge in [0.2, 0.25) is 0 Å². The van der Waals surface area contributed by atoms with Crippen LogP contribution in [0.4, 0.5) is 0 Å². The van der Waals surface area contributed by atoms with Gasteiger partial charge in [-0.15, -0.1) is 0 Å². The first-order valence-corrected chi connectivity index (χ1v) is 8.62. The third-order valence-electron chi connectivity index (χ3n) is 3.81. The highest BCUT2D eigenvalue weighted by Crippen LogP contribution is 2.16. The normalized spacial score (nSPS) is 11.1. The first kappa shape index (κ1) is 19.7. The number of aliphatic hydroxyl groups is 2. The molecule has 5 nitrogen and oxygen atoms in total. The van der Waals surface area contributed by atoms with Gasteiger partial charge in [-0.05, 0) is 43.7 Å². The Morgan fingerprint density at radius 3 is 1.91 bits per heavy atom. The maximum absolute atomic E-state index is 9.18. The van der Waals surface area contributed by atoms with E-state index in [-0.39, 0.29) is 19.0 Å². The molecule has 0 amide bonds. The highest BCUT2D eigenvalue weighted by atomic mass is 16.5. The van der Waals surface area contributed by atoms with E-state index in [0.717, 1.165) is 31.6 Å². The summed E-state index contributed by atoms with van der Waals surface area (Å²) in [6, 6.07) is 6.82. The molecule has 0 aromatic heterocycles. The van der Waals surface area contributed by atoms with Crippen LogP contribution in [0.25, 0.3) is 0 Å². The molecular formula is C18H31NO4. The smallest absolute Gasteiger partial charge is 0.119 e. The summed E-state index contributed by atoms with van der Waals surface area (Å²) in [4.78, 5) is 2.10. The number of nitrogens with zero attached hydrogens (tertiary/aromatic N) is 1. The van der Waals surface area contributed by atoms with Crippen LogP contribution < -0.4 is 4.74 Å². The van der Waals surface area contributed by atoms with Crippen LogP contribution in [0.15, 0.2) is 24.3 Å². The van der Waals surface area contributed by atoms with Crippen LogP contribution in [0, 0.1) is 0 Å². The van der Waals surface area contributed by atoms with E-state index in [2.05, 4.69) is 4.90 Å². The summed E-state index contributed by atoms with van der Waals surface area (Å²) < 4.78 is 5.61. The fraction of sp³-hybridized carbons (Fsp3) is 0.667. The maximum atomic E-state index is 9.18. The van der Waals surface area contributed by atoms with Crippen LogP contribution in [-0.4, -0.2) is 59.7 Å². The van der Waals surface area contributed by atoms with Gasteiger partial charge < -0.3 is 20.1 Å². The van der Waals surface area contributed by atoms with E-state index >= 15 is 0 Å². The molecule has 1 aromatic rings. The molecule has 132 valence electrons. The highest BCUT2D eigenvalue weighted by Gasteiger charge is 2.02. The number of unbranched alkanes of at least 4 members (excludes halogenated alkanes) is 5. The molecular weight excluding hydrogens is 294 g/mol. The minimum absolute atomic E-state index is 0.154. The summed E-state index contributed by atoms with van der Waals surface area (Å²) in [6.45, 7) is 3.27. The standard InChI is InChI=1S/C18H31NO4/c20-14-12-19(13-15-21)11-5-3-1-2-4-6-16-23-18-9-7-17(22)8-10-18/h7-10,20-22H,1-6,11-16H2. The topological polar surface area (TPSA) is 73.2 Å². The van der Waals surface area contributed by atoms with Crippen molar-refractivity contribution in [2.75, 3.05) is 39.5 Å². The zero-order valence-corrected chi connectivity index (χ0v) is 14.0. The van der Waals surface area contributed by atoms with Gasteiger partial charge in [0.25, 0.3) is 0 Å². The van der Waals surface area contributed by atoms with Crippen molar-refractivity contribution in [1.82, 2.24) is 4.90 Å². The number of hydrogen-bond acceptors (Lipinski definition) is 5. The molecule has 0 saturated heterocycles.